The molecule has 1 atom stereocenters. The number of nitrogens with one attached hydrogen (secondary N) is 2. The monoisotopic (exact) mass is 278 g/mol. The van der Waals surface area contributed by atoms with E-state index in [0.717, 1.165) is 5.75 Å². The van der Waals surface area contributed by atoms with Crippen molar-refractivity contribution in [2.45, 2.75) is 33.2 Å². The van der Waals surface area contributed by atoms with Gasteiger partial charge in [0.1, 0.15) is 11.8 Å². The summed E-state index contributed by atoms with van der Waals surface area (Å²) in [5.74, 6) is 0.622. The third-order valence-electron chi connectivity index (χ3n) is 2.76. The molecule has 0 heterocycles. The van der Waals surface area contributed by atoms with Crippen LogP contribution in [0, 0.1) is 5.92 Å². The second kappa shape index (κ2) is 7.53. The Bertz CT molecular complexity index is 455. The summed E-state index contributed by atoms with van der Waals surface area (Å²) in [5, 5.41) is 5.47. The van der Waals surface area contributed by atoms with Crippen LogP contribution in [0.3, 0.4) is 0 Å². The van der Waals surface area contributed by atoms with Crippen molar-refractivity contribution in [3.63, 3.8) is 0 Å². The summed E-state index contributed by atoms with van der Waals surface area (Å²) in [6.07, 6.45) is 0.599. The Balaban J connectivity index is 2.70. The highest BCUT2D eigenvalue weighted by molar-refractivity contribution is 5.96. The van der Waals surface area contributed by atoms with Gasteiger partial charge in [0.05, 0.1) is 7.11 Å². The maximum absolute atomic E-state index is 12.2. The van der Waals surface area contributed by atoms with Crippen LogP contribution in [-0.4, -0.2) is 25.0 Å². The van der Waals surface area contributed by atoms with E-state index in [1.165, 1.54) is 6.92 Å². The summed E-state index contributed by atoms with van der Waals surface area (Å²) < 4.78 is 5.06. The fourth-order valence-electron chi connectivity index (χ4n) is 1.85. The van der Waals surface area contributed by atoms with Crippen molar-refractivity contribution in [1.82, 2.24) is 5.32 Å². The summed E-state index contributed by atoms with van der Waals surface area (Å²) in [5.41, 5.74) is 0.676. The number of hydrogen-bond acceptors (Lipinski definition) is 3. The van der Waals surface area contributed by atoms with Crippen LogP contribution in [0.2, 0.25) is 0 Å². The van der Waals surface area contributed by atoms with Crippen LogP contribution in [0.1, 0.15) is 27.2 Å². The standard InChI is InChI=1S/C15H22N2O3/c1-10(2)9-14(16-11(3)18)15(19)17-12-5-7-13(20-4)8-6-12/h5-8,10,14H,9H2,1-4H3,(H,16,18)(H,17,19)/t14-/m1/s1. The predicted octanol–water partition coefficient (Wildman–Crippen LogP) is 2.18. The maximum atomic E-state index is 12.2. The van der Waals surface area contributed by atoms with Crippen molar-refractivity contribution in [2.75, 3.05) is 12.4 Å². The first-order valence-corrected chi connectivity index (χ1v) is 6.64. The number of amides is 2. The van der Waals surface area contributed by atoms with E-state index in [1.807, 2.05) is 13.8 Å². The van der Waals surface area contributed by atoms with Crippen molar-refractivity contribution in [1.29, 1.82) is 0 Å². The van der Waals surface area contributed by atoms with Crippen LogP contribution < -0.4 is 15.4 Å². The molecule has 2 N–H and O–H groups in total. The lowest BCUT2D eigenvalue weighted by Gasteiger charge is -2.19. The first-order valence-electron chi connectivity index (χ1n) is 6.64. The van der Waals surface area contributed by atoms with E-state index >= 15 is 0 Å². The quantitative estimate of drug-likeness (QED) is 0.838. The Morgan fingerprint density at radius 3 is 2.25 bits per heavy atom. The number of hydrogen-bond donors (Lipinski definition) is 2. The molecule has 2 amide bonds. The normalized spacial score (nSPS) is 11.8. The van der Waals surface area contributed by atoms with Gasteiger partial charge in [-0.15, -0.1) is 0 Å². The van der Waals surface area contributed by atoms with Gasteiger partial charge in [0, 0.05) is 12.6 Å². The second-order valence-electron chi connectivity index (χ2n) is 5.10. The molecule has 1 rings (SSSR count). The molecule has 0 fully saturated rings. The van der Waals surface area contributed by atoms with Gasteiger partial charge in [0.2, 0.25) is 11.8 Å². The molecule has 0 saturated carbocycles. The van der Waals surface area contributed by atoms with Crippen LogP contribution in [0.5, 0.6) is 5.75 Å². The summed E-state index contributed by atoms with van der Waals surface area (Å²) in [7, 11) is 1.59. The number of carbonyl (C=O) groups excluding carboxylic acids is 2. The smallest absolute Gasteiger partial charge is 0.246 e. The van der Waals surface area contributed by atoms with Gasteiger partial charge in [-0.3, -0.25) is 9.59 Å². The number of benzene rings is 1. The molecule has 0 aliphatic heterocycles. The molecule has 0 aliphatic rings. The maximum Gasteiger partial charge on any atom is 0.246 e. The molecule has 0 spiro atoms. The summed E-state index contributed by atoms with van der Waals surface area (Å²) in [6.45, 7) is 5.43. The third kappa shape index (κ3) is 5.30. The fraction of sp³-hybridized carbons (Fsp3) is 0.467. The Morgan fingerprint density at radius 1 is 1.20 bits per heavy atom. The minimum absolute atomic E-state index is 0.208. The van der Waals surface area contributed by atoms with Gasteiger partial charge in [-0.1, -0.05) is 13.8 Å². The zero-order valence-electron chi connectivity index (χ0n) is 12.4. The predicted molar refractivity (Wildman–Crippen MR) is 78.7 cm³/mol. The number of carbonyl (C=O) groups is 2. The zero-order chi connectivity index (χ0) is 15.1. The van der Waals surface area contributed by atoms with Gasteiger partial charge < -0.3 is 15.4 Å². The Hall–Kier alpha value is -2.04. The molecule has 1 aromatic rings. The van der Waals surface area contributed by atoms with Crippen molar-refractivity contribution >= 4 is 17.5 Å². The third-order valence-corrected chi connectivity index (χ3v) is 2.76. The lowest BCUT2D eigenvalue weighted by atomic mass is 10.0. The van der Waals surface area contributed by atoms with Gasteiger partial charge in [-0.05, 0) is 36.6 Å². The van der Waals surface area contributed by atoms with Crippen LogP contribution in [-0.2, 0) is 9.59 Å². The average molecular weight is 278 g/mol. The molecule has 0 radical (unpaired) electrons. The molecule has 0 aromatic heterocycles. The van der Waals surface area contributed by atoms with Gasteiger partial charge in [-0.2, -0.15) is 0 Å². The van der Waals surface area contributed by atoms with E-state index in [4.69, 9.17) is 4.74 Å². The Morgan fingerprint density at radius 2 is 1.80 bits per heavy atom. The highest BCUT2D eigenvalue weighted by atomic mass is 16.5. The second-order valence-corrected chi connectivity index (χ2v) is 5.10. The molecule has 1 aromatic carbocycles. The molecule has 5 heteroatoms. The molecular formula is C15H22N2O3. The van der Waals surface area contributed by atoms with E-state index in [1.54, 1.807) is 31.4 Å². The highest BCUT2D eigenvalue weighted by Gasteiger charge is 2.20. The van der Waals surface area contributed by atoms with Crippen LogP contribution >= 0.6 is 0 Å². The Kier molecular flexibility index (Phi) is 6.03. The number of anilines is 1. The van der Waals surface area contributed by atoms with Crippen LogP contribution in [0.4, 0.5) is 5.69 Å². The highest BCUT2D eigenvalue weighted by Crippen LogP contribution is 2.16. The molecule has 0 unspecified atom stereocenters. The van der Waals surface area contributed by atoms with E-state index in [9.17, 15) is 9.59 Å². The number of methoxy groups -OCH3 is 1. The minimum atomic E-state index is -0.519. The number of rotatable bonds is 6. The van der Waals surface area contributed by atoms with Gasteiger partial charge in [0.25, 0.3) is 0 Å². The fourth-order valence-corrected chi connectivity index (χ4v) is 1.85. The van der Waals surface area contributed by atoms with E-state index in [0.29, 0.717) is 18.0 Å². The van der Waals surface area contributed by atoms with Gasteiger partial charge >= 0.3 is 0 Å². The van der Waals surface area contributed by atoms with Gasteiger partial charge in [-0.25, -0.2) is 0 Å². The van der Waals surface area contributed by atoms with Gasteiger partial charge in [0.15, 0.2) is 0 Å². The first kappa shape index (κ1) is 16.0. The molecule has 110 valence electrons. The lowest BCUT2D eigenvalue weighted by molar-refractivity contribution is -0.125. The molecular weight excluding hydrogens is 256 g/mol. The summed E-state index contributed by atoms with van der Waals surface area (Å²) in [4.78, 5) is 23.3. The molecule has 0 aliphatic carbocycles. The SMILES string of the molecule is COc1ccc(NC(=O)[C@@H](CC(C)C)NC(C)=O)cc1. The van der Waals surface area contributed by atoms with Crippen molar-refractivity contribution in [2.24, 2.45) is 5.92 Å². The van der Waals surface area contributed by atoms with Crippen molar-refractivity contribution in [3.8, 4) is 5.75 Å². The molecule has 20 heavy (non-hydrogen) atoms. The zero-order valence-corrected chi connectivity index (χ0v) is 12.4. The van der Waals surface area contributed by atoms with Crippen LogP contribution in [0.15, 0.2) is 24.3 Å². The average Bonchev–Trinajstić information content (AvgIpc) is 2.37. The van der Waals surface area contributed by atoms with E-state index < -0.39 is 6.04 Å². The van der Waals surface area contributed by atoms with E-state index in [-0.39, 0.29) is 11.8 Å². The topological polar surface area (TPSA) is 67.4 Å². The molecule has 0 saturated heterocycles. The summed E-state index contributed by atoms with van der Waals surface area (Å²) >= 11 is 0. The first-order chi connectivity index (χ1) is 9.42. The van der Waals surface area contributed by atoms with E-state index in [2.05, 4.69) is 10.6 Å². The van der Waals surface area contributed by atoms with Crippen LogP contribution in [0.25, 0.3) is 0 Å². The largest absolute Gasteiger partial charge is 0.497 e. The molecule has 0 bridgehead atoms. The number of ether oxygens (including phenoxy) is 1. The minimum Gasteiger partial charge on any atom is -0.497 e. The Labute approximate surface area is 119 Å². The van der Waals surface area contributed by atoms with Crippen molar-refractivity contribution < 1.29 is 14.3 Å². The summed E-state index contributed by atoms with van der Waals surface area (Å²) in [6, 6.07) is 6.54. The lowest BCUT2D eigenvalue weighted by Crippen LogP contribution is -2.43. The van der Waals surface area contributed by atoms with Crippen molar-refractivity contribution in [3.05, 3.63) is 24.3 Å². The molecule has 5 nitrogen and oxygen atoms in total.